The average Bonchev–Trinajstić information content (AvgIpc) is 3.11. The summed E-state index contributed by atoms with van der Waals surface area (Å²) in [7, 11) is 0. The van der Waals surface area contributed by atoms with Crippen LogP contribution in [0.2, 0.25) is 0 Å². The molecule has 1 unspecified atom stereocenters. The molecule has 1 aromatic carbocycles. The molecule has 0 spiro atoms. The highest BCUT2D eigenvalue weighted by atomic mass is 32.1. The van der Waals surface area contributed by atoms with E-state index in [-0.39, 0.29) is 23.9 Å². The molecule has 29 heavy (non-hydrogen) atoms. The Balaban J connectivity index is 1.46. The Labute approximate surface area is 174 Å². The molecule has 2 aromatic heterocycles. The molecule has 1 amide bonds. The SMILES string of the molecule is CCC(NC(=O)CCn1cnc2sc3c(c2c1=O)CCCC3)c1ccc(C)cc1. The van der Waals surface area contributed by atoms with Crippen molar-refractivity contribution in [2.24, 2.45) is 0 Å². The van der Waals surface area contributed by atoms with Crippen molar-refractivity contribution in [3.63, 3.8) is 0 Å². The van der Waals surface area contributed by atoms with Crippen LogP contribution < -0.4 is 10.9 Å². The second-order valence-corrected chi connectivity index (χ2v) is 8.91. The van der Waals surface area contributed by atoms with Crippen molar-refractivity contribution in [3.8, 4) is 0 Å². The summed E-state index contributed by atoms with van der Waals surface area (Å²) in [6.07, 6.45) is 7.02. The van der Waals surface area contributed by atoms with E-state index in [9.17, 15) is 9.59 Å². The fraction of sp³-hybridized carbons (Fsp3) is 0.435. The molecule has 0 aliphatic heterocycles. The van der Waals surface area contributed by atoms with Crippen LogP contribution in [0.4, 0.5) is 0 Å². The molecule has 1 N–H and O–H groups in total. The third-order valence-electron chi connectivity index (χ3n) is 5.74. The quantitative estimate of drug-likeness (QED) is 0.660. The summed E-state index contributed by atoms with van der Waals surface area (Å²) in [6.45, 7) is 4.46. The first-order valence-corrected chi connectivity index (χ1v) is 11.2. The Morgan fingerprint density at radius 3 is 2.76 bits per heavy atom. The number of fused-ring (bicyclic) bond motifs is 3. The maximum atomic E-state index is 13.0. The van der Waals surface area contributed by atoms with E-state index in [1.807, 2.05) is 0 Å². The zero-order chi connectivity index (χ0) is 20.4. The van der Waals surface area contributed by atoms with Crippen molar-refractivity contribution >= 4 is 27.5 Å². The van der Waals surface area contributed by atoms with Crippen LogP contribution in [0.1, 0.15) is 60.2 Å². The van der Waals surface area contributed by atoms with Gasteiger partial charge in [-0.1, -0.05) is 36.8 Å². The number of benzene rings is 1. The first-order chi connectivity index (χ1) is 14.1. The average molecular weight is 410 g/mol. The maximum absolute atomic E-state index is 13.0. The van der Waals surface area contributed by atoms with E-state index in [1.165, 1.54) is 22.4 Å². The first-order valence-electron chi connectivity index (χ1n) is 10.4. The van der Waals surface area contributed by atoms with Gasteiger partial charge in [0.05, 0.1) is 17.8 Å². The van der Waals surface area contributed by atoms with E-state index in [0.29, 0.717) is 6.54 Å². The highest BCUT2D eigenvalue weighted by molar-refractivity contribution is 7.18. The fourth-order valence-corrected chi connectivity index (χ4v) is 5.27. The van der Waals surface area contributed by atoms with Crippen LogP contribution >= 0.6 is 11.3 Å². The number of nitrogens with one attached hydrogen (secondary N) is 1. The van der Waals surface area contributed by atoms with Crippen LogP contribution in [0.25, 0.3) is 10.2 Å². The van der Waals surface area contributed by atoms with E-state index in [1.54, 1.807) is 22.2 Å². The number of carbonyl (C=O) groups is 1. The van der Waals surface area contributed by atoms with Gasteiger partial charge >= 0.3 is 0 Å². The molecule has 6 heteroatoms. The molecule has 5 nitrogen and oxygen atoms in total. The molecule has 3 aromatic rings. The van der Waals surface area contributed by atoms with Crippen molar-refractivity contribution in [2.75, 3.05) is 0 Å². The van der Waals surface area contributed by atoms with Gasteiger partial charge in [0, 0.05) is 17.8 Å². The number of aromatic nitrogens is 2. The Kier molecular flexibility index (Phi) is 5.81. The molecule has 1 aliphatic rings. The lowest BCUT2D eigenvalue weighted by atomic mass is 9.97. The molecule has 0 bridgehead atoms. The number of aryl methyl sites for hydroxylation is 4. The van der Waals surface area contributed by atoms with Crippen LogP contribution in [0.5, 0.6) is 0 Å². The summed E-state index contributed by atoms with van der Waals surface area (Å²) >= 11 is 1.65. The number of carbonyl (C=O) groups excluding carboxylic acids is 1. The minimum absolute atomic E-state index is 0.00669. The van der Waals surface area contributed by atoms with Gasteiger partial charge in [-0.25, -0.2) is 4.98 Å². The maximum Gasteiger partial charge on any atom is 0.262 e. The standard InChI is InChI=1S/C23H27N3O2S/c1-3-18(16-10-8-15(2)9-11-16)25-20(27)12-13-26-14-24-22-21(23(26)28)17-6-4-5-7-19(17)29-22/h8-11,14,18H,3-7,12-13H2,1-2H3,(H,25,27). The lowest BCUT2D eigenvalue weighted by Crippen LogP contribution is -2.30. The smallest absolute Gasteiger partial charge is 0.262 e. The van der Waals surface area contributed by atoms with Crippen LogP contribution in [-0.4, -0.2) is 15.5 Å². The summed E-state index contributed by atoms with van der Waals surface area (Å²) in [5.74, 6) is -0.0447. The predicted octanol–water partition coefficient (Wildman–Crippen LogP) is 4.30. The van der Waals surface area contributed by atoms with Gasteiger partial charge in [0.15, 0.2) is 0 Å². The Bertz CT molecular complexity index is 1080. The lowest BCUT2D eigenvalue weighted by molar-refractivity contribution is -0.122. The van der Waals surface area contributed by atoms with E-state index < -0.39 is 0 Å². The van der Waals surface area contributed by atoms with Gasteiger partial charge in [0.1, 0.15) is 4.83 Å². The fourth-order valence-electron chi connectivity index (χ4n) is 4.05. The lowest BCUT2D eigenvalue weighted by Gasteiger charge is -2.18. The Morgan fingerprint density at radius 1 is 1.24 bits per heavy atom. The van der Waals surface area contributed by atoms with Crippen molar-refractivity contribution in [3.05, 3.63) is 62.5 Å². The number of rotatable bonds is 6. The van der Waals surface area contributed by atoms with Gasteiger partial charge in [-0.2, -0.15) is 0 Å². The number of thiophene rings is 1. The number of hydrogen-bond donors (Lipinski definition) is 1. The van der Waals surface area contributed by atoms with E-state index >= 15 is 0 Å². The van der Waals surface area contributed by atoms with E-state index in [2.05, 4.69) is 48.4 Å². The minimum Gasteiger partial charge on any atom is -0.349 e. The molecule has 1 aliphatic carbocycles. The summed E-state index contributed by atoms with van der Waals surface area (Å²) < 4.78 is 1.59. The van der Waals surface area contributed by atoms with Crippen LogP contribution in [0, 0.1) is 6.92 Å². The number of hydrogen-bond acceptors (Lipinski definition) is 4. The predicted molar refractivity (Wildman–Crippen MR) is 117 cm³/mol. The second kappa shape index (κ2) is 8.49. The highest BCUT2D eigenvalue weighted by Gasteiger charge is 2.20. The minimum atomic E-state index is -0.0447. The summed E-state index contributed by atoms with van der Waals surface area (Å²) in [5.41, 5.74) is 3.50. The summed E-state index contributed by atoms with van der Waals surface area (Å²) in [5, 5.41) is 3.88. The van der Waals surface area contributed by atoms with Gasteiger partial charge in [0.25, 0.3) is 5.56 Å². The van der Waals surface area contributed by atoms with Gasteiger partial charge in [-0.05, 0) is 50.2 Å². The van der Waals surface area contributed by atoms with Crippen molar-refractivity contribution in [1.82, 2.24) is 14.9 Å². The normalized spacial score (nSPS) is 14.6. The molecule has 4 rings (SSSR count). The third-order valence-corrected chi connectivity index (χ3v) is 6.94. The Morgan fingerprint density at radius 2 is 2.00 bits per heavy atom. The molecule has 152 valence electrons. The molecule has 0 saturated carbocycles. The van der Waals surface area contributed by atoms with Gasteiger partial charge in [-0.15, -0.1) is 11.3 Å². The number of amides is 1. The summed E-state index contributed by atoms with van der Waals surface area (Å²) in [4.78, 5) is 32.2. The molecule has 0 fully saturated rings. The topological polar surface area (TPSA) is 64.0 Å². The highest BCUT2D eigenvalue weighted by Crippen LogP contribution is 2.33. The van der Waals surface area contributed by atoms with Crippen LogP contribution in [-0.2, 0) is 24.2 Å². The van der Waals surface area contributed by atoms with Gasteiger partial charge in [-0.3, -0.25) is 14.2 Å². The van der Waals surface area contributed by atoms with Gasteiger partial charge in [0.2, 0.25) is 5.91 Å². The van der Waals surface area contributed by atoms with E-state index in [4.69, 9.17) is 0 Å². The molecule has 0 radical (unpaired) electrons. The first kappa shape index (κ1) is 19.8. The van der Waals surface area contributed by atoms with Crippen LogP contribution in [0.3, 0.4) is 0 Å². The van der Waals surface area contributed by atoms with Crippen molar-refractivity contribution in [1.29, 1.82) is 0 Å². The summed E-state index contributed by atoms with van der Waals surface area (Å²) in [6, 6.07) is 8.24. The molecule has 0 saturated heterocycles. The largest absolute Gasteiger partial charge is 0.349 e. The second-order valence-electron chi connectivity index (χ2n) is 7.82. The molecular weight excluding hydrogens is 382 g/mol. The van der Waals surface area contributed by atoms with E-state index in [0.717, 1.165) is 41.5 Å². The monoisotopic (exact) mass is 409 g/mol. The number of nitrogens with zero attached hydrogens (tertiary/aromatic N) is 2. The molecule has 1 atom stereocenters. The van der Waals surface area contributed by atoms with Crippen LogP contribution in [0.15, 0.2) is 35.4 Å². The third kappa shape index (κ3) is 4.13. The van der Waals surface area contributed by atoms with Crippen molar-refractivity contribution in [2.45, 2.75) is 65.0 Å². The zero-order valence-corrected chi connectivity index (χ0v) is 17.8. The van der Waals surface area contributed by atoms with Gasteiger partial charge < -0.3 is 5.32 Å². The molecular formula is C23H27N3O2S. The molecule has 2 heterocycles. The van der Waals surface area contributed by atoms with Crippen molar-refractivity contribution < 1.29 is 4.79 Å². The Hall–Kier alpha value is -2.47. The zero-order valence-electron chi connectivity index (χ0n) is 17.0.